The van der Waals surface area contributed by atoms with Gasteiger partial charge in [0.15, 0.2) is 6.04 Å². The van der Waals surface area contributed by atoms with E-state index in [1.165, 1.54) is 12.8 Å². The molecule has 1 atom stereocenters. The maximum Gasteiger partial charge on any atom is 0.331 e. The molecule has 0 aliphatic carbocycles. The molecule has 0 amide bonds. The topological polar surface area (TPSA) is 41.9 Å². The fraction of sp³-hybridized carbons (Fsp3) is 0.333. The maximum atomic E-state index is 11.4. The third kappa shape index (κ3) is 3.63. The Kier molecular flexibility index (Phi) is 4.84. The molecule has 0 unspecified atom stereocenters. The summed E-state index contributed by atoms with van der Waals surface area (Å²) in [5, 5.41) is 0.872. The lowest BCUT2D eigenvalue weighted by molar-refractivity contribution is -0.141. The van der Waals surface area contributed by atoms with E-state index in [0.29, 0.717) is 5.75 Å². The molecule has 5 heteroatoms. The van der Waals surface area contributed by atoms with Gasteiger partial charge in [0.05, 0.1) is 12.2 Å². The number of esters is 1. The van der Waals surface area contributed by atoms with Crippen molar-refractivity contribution in [3.8, 4) is 0 Å². The monoisotopic (exact) mass is 290 g/mol. The van der Waals surface area contributed by atoms with Crippen molar-refractivity contribution in [2.75, 3.05) is 31.9 Å². The van der Waals surface area contributed by atoms with Gasteiger partial charge in [-0.1, -0.05) is 18.2 Å². The van der Waals surface area contributed by atoms with Gasteiger partial charge in [-0.3, -0.25) is 4.99 Å². The number of hydrogen-bond donors (Lipinski definition) is 0. The van der Waals surface area contributed by atoms with E-state index in [2.05, 4.69) is 34.2 Å². The Morgan fingerprint density at radius 1 is 1.35 bits per heavy atom. The molecule has 4 nitrogen and oxygen atoms in total. The molecule has 0 N–H and O–H groups in total. The largest absolute Gasteiger partial charge is 0.467 e. The van der Waals surface area contributed by atoms with Crippen molar-refractivity contribution < 1.29 is 9.53 Å². The predicted molar refractivity (Wildman–Crippen MR) is 85.5 cm³/mol. The molecule has 0 radical (unpaired) electrons. The standard InChI is InChI=1S/C15H18N2O2S/c1-17(2)12-7-4-11(5-8-12)6-9-14-16-13(10-20-14)15(18)19-3/h4-9,13H,10H2,1-3H3/t13-/m1/s1. The minimum Gasteiger partial charge on any atom is -0.467 e. The highest BCUT2D eigenvalue weighted by Gasteiger charge is 2.24. The van der Waals surface area contributed by atoms with Crippen LogP contribution in [0.5, 0.6) is 0 Å². The zero-order valence-corrected chi connectivity index (χ0v) is 12.7. The summed E-state index contributed by atoms with van der Waals surface area (Å²) in [5.41, 5.74) is 2.28. The van der Waals surface area contributed by atoms with Crippen LogP contribution in [-0.4, -0.2) is 44.0 Å². The molecule has 1 aliphatic rings. The highest BCUT2D eigenvalue weighted by molar-refractivity contribution is 8.14. The van der Waals surface area contributed by atoms with Gasteiger partial charge in [-0.2, -0.15) is 0 Å². The number of carbonyl (C=O) groups is 1. The molecule has 106 valence electrons. The van der Waals surface area contributed by atoms with Gasteiger partial charge in [-0.15, -0.1) is 11.8 Å². The lowest BCUT2D eigenvalue weighted by Gasteiger charge is -2.11. The minimum atomic E-state index is -0.360. The number of ether oxygens (including phenoxy) is 1. The molecule has 1 aliphatic heterocycles. The van der Waals surface area contributed by atoms with Crippen LogP contribution in [0.4, 0.5) is 5.69 Å². The van der Waals surface area contributed by atoms with Gasteiger partial charge in [-0.05, 0) is 23.8 Å². The number of rotatable bonds is 4. The number of aliphatic imine (C=N–C) groups is 1. The van der Waals surface area contributed by atoms with Crippen LogP contribution >= 0.6 is 11.8 Å². The fourth-order valence-electron chi connectivity index (χ4n) is 1.79. The third-order valence-electron chi connectivity index (χ3n) is 2.97. The van der Waals surface area contributed by atoms with Crippen molar-refractivity contribution in [1.82, 2.24) is 0 Å². The predicted octanol–water partition coefficient (Wildman–Crippen LogP) is 2.45. The van der Waals surface area contributed by atoms with Crippen LogP contribution in [0.15, 0.2) is 35.3 Å². The van der Waals surface area contributed by atoms with Crippen molar-refractivity contribution >= 4 is 34.5 Å². The van der Waals surface area contributed by atoms with Gasteiger partial charge in [0.2, 0.25) is 0 Å². The number of nitrogens with zero attached hydrogens (tertiary/aromatic N) is 2. The summed E-state index contributed by atoms with van der Waals surface area (Å²) in [4.78, 5) is 17.8. The summed E-state index contributed by atoms with van der Waals surface area (Å²) < 4.78 is 4.69. The number of thioether (sulfide) groups is 1. The van der Waals surface area contributed by atoms with Crippen LogP contribution < -0.4 is 4.90 Å². The molecule has 0 bridgehead atoms. The second-order valence-electron chi connectivity index (χ2n) is 4.64. The van der Waals surface area contributed by atoms with E-state index in [9.17, 15) is 4.79 Å². The quantitative estimate of drug-likeness (QED) is 0.799. The molecule has 0 fully saturated rings. The van der Waals surface area contributed by atoms with E-state index < -0.39 is 0 Å². The van der Waals surface area contributed by atoms with Crippen LogP contribution in [0.25, 0.3) is 6.08 Å². The van der Waals surface area contributed by atoms with E-state index in [1.807, 2.05) is 26.2 Å². The second-order valence-corrected chi connectivity index (χ2v) is 5.68. The third-order valence-corrected chi connectivity index (χ3v) is 3.99. The smallest absolute Gasteiger partial charge is 0.331 e. The Bertz CT molecular complexity index is 535. The fourth-order valence-corrected chi connectivity index (χ4v) is 2.70. The highest BCUT2D eigenvalue weighted by atomic mass is 32.2. The van der Waals surface area contributed by atoms with Gasteiger partial charge in [0.25, 0.3) is 0 Å². The number of anilines is 1. The SMILES string of the molecule is COC(=O)[C@H]1CSC(C=Cc2ccc(N(C)C)cc2)=N1. The van der Waals surface area contributed by atoms with Crippen molar-refractivity contribution in [2.24, 2.45) is 4.99 Å². The van der Waals surface area contributed by atoms with Gasteiger partial charge >= 0.3 is 5.97 Å². The zero-order valence-electron chi connectivity index (χ0n) is 11.9. The lowest BCUT2D eigenvalue weighted by atomic mass is 10.2. The normalized spacial score (nSPS) is 18.1. The molecule has 2 rings (SSSR count). The summed E-state index contributed by atoms with van der Waals surface area (Å²) in [6.45, 7) is 0. The first kappa shape index (κ1) is 14.7. The van der Waals surface area contributed by atoms with Gasteiger partial charge < -0.3 is 9.64 Å². The van der Waals surface area contributed by atoms with E-state index in [4.69, 9.17) is 4.74 Å². The van der Waals surface area contributed by atoms with Crippen molar-refractivity contribution in [3.63, 3.8) is 0 Å². The Morgan fingerprint density at radius 3 is 2.65 bits per heavy atom. The summed E-state index contributed by atoms with van der Waals surface area (Å²) in [6, 6.07) is 7.90. The average Bonchev–Trinajstić information content (AvgIpc) is 2.93. The second kappa shape index (κ2) is 6.61. The molecule has 20 heavy (non-hydrogen) atoms. The molecule has 0 spiro atoms. The van der Waals surface area contributed by atoms with Crippen LogP contribution in [0, 0.1) is 0 Å². The number of benzene rings is 1. The highest BCUT2D eigenvalue weighted by Crippen LogP contribution is 2.21. The van der Waals surface area contributed by atoms with Crippen LogP contribution in [0.1, 0.15) is 5.56 Å². The Hall–Kier alpha value is -1.75. The molecule has 0 saturated carbocycles. The molecule has 1 aromatic rings. The minimum absolute atomic E-state index is 0.267. The van der Waals surface area contributed by atoms with Gasteiger partial charge in [-0.25, -0.2) is 4.79 Å². The Labute approximate surface area is 123 Å². The molecule has 0 saturated heterocycles. The van der Waals surface area contributed by atoms with Crippen molar-refractivity contribution in [1.29, 1.82) is 0 Å². The van der Waals surface area contributed by atoms with E-state index in [-0.39, 0.29) is 12.0 Å². The van der Waals surface area contributed by atoms with E-state index in [1.54, 1.807) is 11.8 Å². The first-order valence-electron chi connectivity index (χ1n) is 6.34. The summed E-state index contributed by atoms with van der Waals surface area (Å²) in [7, 11) is 5.42. The zero-order chi connectivity index (χ0) is 14.5. The molecule has 0 aromatic heterocycles. The summed E-state index contributed by atoms with van der Waals surface area (Å²) in [5.74, 6) is 0.391. The average molecular weight is 290 g/mol. The van der Waals surface area contributed by atoms with Crippen molar-refractivity contribution in [3.05, 3.63) is 35.9 Å². The molecule has 1 heterocycles. The maximum absolute atomic E-state index is 11.4. The van der Waals surface area contributed by atoms with E-state index >= 15 is 0 Å². The number of methoxy groups -OCH3 is 1. The number of carbonyl (C=O) groups excluding carboxylic acids is 1. The molecular weight excluding hydrogens is 272 g/mol. The van der Waals surface area contributed by atoms with Crippen LogP contribution in [0.3, 0.4) is 0 Å². The lowest BCUT2D eigenvalue weighted by Crippen LogP contribution is -2.19. The summed E-state index contributed by atoms with van der Waals surface area (Å²) in [6.07, 6.45) is 3.95. The molecule has 1 aromatic carbocycles. The van der Waals surface area contributed by atoms with Crippen LogP contribution in [-0.2, 0) is 9.53 Å². The van der Waals surface area contributed by atoms with E-state index in [0.717, 1.165) is 10.6 Å². The first-order chi connectivity index (χ1) is 9.60. The molecular formula is C15H18N2O2S. The van der Waals surface area contributed by atoms with Gasteiger partial charge in [0, 0.05) is 25.5 Å². The summed E-state index contributed by atoms with van der Waals surface area (Å²) >= 11 is 1.58. The first-order valence-corrected chi connectivity index (χ1v) is 7.32. The Morgan fingerprint density at radius 2 is 2.05 bits per heavy atom. The van der Waals surface area contributed by atoms with Gasteiger partial charge in [0.1, 0.15) is 0 Å². The van der Waals surface area contributed by atoms with Crippen LogP contribution in [0.2, 0.25) is 0 Å². The van der Waals surface area contributed by atoms with Crippen molar-refractivity contribution in [2.45, 2.75) is 6.04 Å². The number of hydrogen-bond acceptors (Lipinski definition) is 5. The Balaban J connectivity index is 2.01.